The van der Waals surface area contributed by atoms with Gasteiger partial charge in [0.05, 0.1) is 29.1 Å². The van der Waals surface area contributed by atoms with E-state index in [0.29, 0.717) is 17.2 Å². The maximum absolute atomic E-state index is 9.76. The number of rotatable bonds is 3. The number of aromatic nitrogens is 7. The average molecular weight is 412 g/mol. The van der Waals surface area contributed by atoms with E-state index in [1.165, 1.54) is 25.5 Å². The number of nitrogens with zero attached hydrogens (tertiary/aromatic N) is 6. The van der Waals surface area contributed by atoms with Crippen molar-refractivity contribution in [1.29, 1.82) is 0 Å². The summed E-state index contributed by atoms with van der Waals surface area (Å²) < 4.78 is 0. The van der Waals surface area contributed by atoms with E-state index in [-0.39, 0.29) is 5.75 Å². The number of fused-ring (bicyclic) bond motifs is 2. The van der Waals surface area contributed by atoms with Gasteiger partial charge in [0.15, 0.2) is 11.6 Å². The van der Waals surface area contributed by atoms with Gasteiger partial charge in [0.2, 0.25) is 0 Å². The summed E-state index contributed by atoms with van der Waals surface area (Å²) in [6, 6.07) is 5.51. The SMILES string of the molecule is Oc1cncc(-c2cc3c(-c4nc5c(N6CCCCC6)nccc5[nH]4)n[nH]c3cn2)c1. The summed E-state index contributed by atoms with van der Waals surface area (Å²) in [4.78, 5) is 23.7. The number of imidazole rings is 1. The van der Waals surface area contributed by atoms with E-state index >= 15 is 0 Å². The van der Waals surface area contributed by atoms with Gasteiger partial charge >= 0.3 is 0 Å². The van der Waals surface area contributed by atoms with Gasteiger partial charge in [-0.05, 0) is 37.5 Å². The highest BCUT2D eigenvalue weighted by Gasteiger charge is 2.20. The number of hydrogen-bond donors (Lipinski definition) is 3. The van der Waals surface area contributed by atoms with Crippen molar-refractivity contribution < 1.29 is 5.11 Å². The van der Waals surface area contributed by atoms with E-state index in [4.69, 9.17) is 4.98 Å². The topological polar surface area (TPSA) is 120 Å². The van der Waals surface area contributed by atoms with Crippen molar-refractivity contribution in [2.24, 2.45) is 0 Å². The maximum Gasteiger partial charge on any atom is 0.159 e. The summed E-state index contributed by atoms with van der Waals surface area (Å²) in [6.45, 7) is 2.01. The van der Waals surface area contributed by atoms with Crippen molar-refractivity contribution >= 4 is 27.8 Å². The number of aromatic hydroxyl groups is 1. The zero-order chi connectivity index (χ0) is 20.8. The lowest BCUT2D eigenvalue weighted by Gasteiger charge is -2.27. The van der Waals surface area contributed by atoms with Crippen LogP contribution in [-0.4, -0.2) is 53.3 Å². The lowest BCUT2D eigenvalue weighted by Crippen LogP contribution is -2.30. The van der Waals surface area contributed by atoms with E-state index in [0.717, 1.165) is 46.4 Å². The molecule has 0 bridgehead atoms. The molecule has 0 spiro atoms. The summed E-state index contributed by atoms with van der Waals surface area (Å²) in [6.07, 6.45) is 10.3. The molecular formula is C22H20N8O. The van der Waals surface area contributed by atoms with Gasteiger partial charge in [-0.1, -0.05) is 0 Å². The second-order valence-electron chi connectivity index (χ2n) is 7.78. The molecule has 6 heterocycles. The summed E-state index contributed by atoms with van der Waals surface area (Å²) in [5.74, 6) is 1.70. The lowest BCUT2D eigenvalue weighted by molar-refractivity contribution is 0.473. The molecular weight excluding hydrogens is 392 g/mol. The Morgan fingerprint density at radius 3 is 2.74 bits per heavy atom. The summed E-state index contributed by atoms with van der Waals surface area (Å²) >= 11 is 0. The first-order valence-electron chi connectivity index (χ1n) is 10.3. The van der Waals surface area contributed by atoms with E-state index in [1.807, 2.05) is 18.3 Å². The van der Waals surface area contributed by atoms with Gasteiger partial charge in [-0.2, -0.15) is 5.10 Å². The van der Waals surface area contributed by atoms with Crippen LogP contribution in [0.15, 0.2) is 43.0 Å². The summed E-state index contributed by atoms with van der Waals surface area (Å²) in [7, 11) is 0. The highest BCUT2D eigenvalue weighted by Crippen LogP contribution is 2.32. The number of nitrogens with one attached hydrogen (secondary N) is 2. The normalized spacial score (nSPS) is 14.5. The maximum atomic E-state index is 9.76. The van der Waals surface area contributed by atoms with Crippen molar-refractivity contribution in [2.45, 2.75) is 19.3 Å². The fourth-order valence-electron chi connectivity index (χ4n) is 4.19. The first kappa shape index (κ1) is 17.8. The smallest absolute Gasteiger partial charge is 0.159 e. The lowest BCUT2D eigenvalue weighted by atomic mass is 10.1. The molecule has 5 aromatic rings. The standard InChI is InChI=1S/C22H20N8O/c31-14-8-13(10-23-11-14)17-9-15-18(12-25-17)28-29-19(15)21-26-16-4-5-24-22(20(16)27-21)30-6-2-1-3-7-30/h4-5,8-12,31H,1-3,6-7H2,(H,26,27)(H,28,29). The number of aromatic amines is 2. The Hall–Kier alpha value is -4.01. The predicted molar refractivity (Wildman–Crippen MR) is 118 cm³/mol. The van der Waals surface area contributed by atoms with Gasteiger partial charge in [0.1, 0.15) is 17.0 Å². The zero-order valence-electron chi connectivity index (χ0n) is 16.7. The minimum absolute atomic E-state index is 0.0989. The number of piperidine rings is 1. The van der Waals surface area contributed by atoms with Gasteiger partial charge in [-0.25, -0.2) is 9.97 Å². The van der Waals surface area contributed by atoms with Gasteiger partial charge in [-0.3, -0.25) is 15.1 Å². The fourth-order valence-corrected chi connectivity index (χ4v) is 4.19. The van der Waals surface area contributed by atoms with E-state index in [2.05, 4.69) is 35.0 Å². The highest BCUT2D eigenvalue weighted by molar-refractivity contribution is 5.96. The van der Waals surface area contributed by atoms with Crippen LogP contribution >= 0.6 is 0 Å². The van der Waals surface area contributed by atoms with Crippen LogP contribution in [0.25, 0.3) is 44.7 Å². The molecule has 5 aromatic heterocycles. The third kappa shape index (κ3) is 3.05. The third-order valence-electron chi connectivity index (χ3n) is 5.73. The molecule has 0 saturated carbocycles. The number of pyridine rings is 3. The Bertz CT molecular complexity index is 1400. The second-order valence-corrected chi connectivity index (χ2v) is 7.78. The molecule has 1 fully saturated rings. The molecule has 0 radical (unpaired) electrons. The fraction of sp³-hybridized carbons (Fsp3) is 0.227. The molecule has 0 amide bonds. The first-order chi connectivity index (χ1) is 15.3. The van der Waals surface area contributed by atoms with Crippen LogP contribution in [0.3, 0.4) is 0 Å². The molecule has 31 heavy (non-hydrogen) atoms. The Balaban J connectivity index is 1.46. The minimum Gasteiger partial charge on any atom is -0.506 e. The van der Waals surface area contributed by atoms with Crippen molar-refractivity contribution in [3.05, 3.63) is 43.0 Å². The highest BCUT2D eigenvalue weighted by atomic mass is 16.3. The molecule has 6 rings (SSSR count). The van der Waals surface area contributed by atoms with Crippen molar-refractivity contribution in [2.75, 3.05) is 18.0 Å². The molecule has 0 atom stereocenters. The summed E-state index contributed by atoms with van der Waals surface area (Å²) in [5, 5.41) is 18.2. The van der Waals surface area contributed by atoms with Crippen LogP contribution in [0.5, 0.6) is 5.75 Å². The van der Waals surface area contributed by atoms with Crippen molar-refractivity contribution in [3.8, 4) is 28.5 Å². The van der Waals surface area contributed by atoms with Gasteiger partial charge < -0.3 is 15.0 Å². The first-order valence-corrected chi connectivity index (χ1v) is 10.3. The van der Waals surface area contributed by atoms with E-state index in [9.17, 15) is 5.11 Å². The molecule has 1 saturated heterocycles. The number of hydrogen-bond acceptors (Lipinski definition) is 7. The molecule has 9 nitrogen and oxygen atoms in total. The van der Waals surface area contributed by atoms with Crippen LogP contribution in [0, 0.1) is 0 Å². The molecule has 0 unspecified atom stereocenters. The van der Waals surface area contributed by atoms with Crippen molar-refractivity contribution in [3.63, 3.8) is 0 Å². The largest absolute Gasteiger partial charge is 0.506 e. The summed E-state index contributed by atoms with van der Waals surface area (Å²) in [5.41, 5.74) is 4.75. The van der Waals surface area contributed by atoms with Gasteiger partial charge in [-0.15, -0.1) is 0 Å². The van der Waals surface area contributed by atoms with Crippen molar-refractivity contribution in [1.82, 2.24) is 35.1 Å². The van der Waals surface area contributed by atoms with Crippen LogP contribution in [-0.2, 0) is 0 Å². The second kappa shape index (κ2) is 7.05. The quantitative estimate of drug-likeness (QED) is 0.414. The molecule has 1 aliphatic rings. The molecule has 9 heteroatoms. The minimum atomic E-state index is 0.0989. The Kier molecular flexibility index (Phi) is 4.05. The van der Waals surface area contributed by atoms with E-state index in [1.54, 1.807) is 18.5 Å². The van der Waals surface area contributed by atoms with E-state index < -0.39 is 0 Å². The third-order valence-corrected chi connectivity index (χ3v) is 5.73. The number of H-pyrrole nitrogens is 2. The average Bonchev–Trinajstić information content (AvgIpc) is 3.43. The molecule has 3 N–H and O–H groups in total. The van der Waals surface area contributed by atoms with Gasteiger partial charge in [0, 0.05) is 36.4 Å². The Labute approximate surface area is 177 Å². The zero-order valence-corrected chi connectivity index (χ0v) is 16.7. The molecule has 154 valence electrons. The van der Waals surface area contributed by atoms with Gasteiger partial charge in [0.25, 0.3) is 0 Å². The van der Waals surface area contributed by atoms with Crippen LogP contribution in [0.1, 0.15) is 19.3 Å². The predicted octanol–water partition coefficient (Wildman–Crippen LogP) is 3.65. The Morgan fingerprint density at radius 2 is 1.87 bits per heavy atom. The molecule has 1 aliphatic heterocycles. The Morgan fingerprint density at radius 1 is 0.968 bits per heavy atom. The molecule has 0 aliphatic carbocycles. The number of anilines is 1. The van der Waals surface area contributed by atoms with Crippen LogP contribution in [0.4, 0.5) is 5.82 Å². The van der Waals surface area contributed by atoms with Crippen LogP contribution in [0.2, 0.25) is 0 Å². The van der Waals surface area contributed by atoms with Crippen LogP contribution < -0.4 is 4.90 Å². The monoisotopic (exact) mass is 412 g/mol. The molecule has 0 aromatic carbocycles.